The van der Waals surface area contributed by atoms with Crippen molar-refractivity contribution in [1.82, 2.24) is 0 Å². The molecule has 0 unspecified atom stereocenters. The van der Waals surface area contributed by atoms with E-state index in [1.807, 2.05) is 0 Å². The van der Waals surface area contributed by atoms with E-state index in [1.165, 1.54) is 0 Å². The van der Waals surface area contributed by atoms with E-state index in [-0.39, 0.29) is 24.0 Å². The molecular weight excluding hydrogens is 332 g/mol. The Morgan fingerprint density at radius 1 is 1.12 bits per heavy atom. The van der Waals surface area contributed by atoms with Crippen LogP contribution in [0.3, 0.4) is 0 Å². The van der Waals surface area contributed by atoms with Crippen molar-refractivity contribution >= 4 is 29.0 Å². The monoisotopic (exact) mass is 350 g/mol. The Balaban J connectivity index is 1.49. The molecule has 1 saturated carbocycles. The summed E-state index contributed by atoms with van der Waals surface area (Å²) >= 11 is 0. The van der Waals surface area contributed by atoms with Crippen molar-refractivity contribution in [1.29, 1.82) is 0 Å². The van der Waals surface area contributed by atoms with Gasteiger partial charge in [-0.1, -0.05) is 18.2 Å². The van der Waals surface area contributed by atoms with Crippen LogP contribution in [0.5, 0.6) is 0 Å². The molecule has 6 nitrogen and oxygen atoms in total. The Morgan fingerprint density at radius 2 is 1.81 bits per heavy atom. The van der Waals surface area contributed by atoms with Crippen molar-refractivity contribution in [3.63, 3.8) is 0 Å². The molecule has 2 amide bonds. The van der Waals surface area contributed by atoms with Crippen molar-refractivity contribution in [2.75, 3.05) is 10.6 Å². The van der Waals surface area contributed by atoms with Gasteiger partial charge in [-0.05, 0) is 43.2 Å². The standard InChI is InChI=1S/C20H18N2O4/c23-17(11-20(26)15-3-1-2-4-16(15)22-19(20)25)12-7-9-14(10-8-12)21-18(24)13-5-6-13/h1-4,7-10,13,26H,5-6,11H2,(H,21,24)(H,22,25)/t20-/m1/s1. The molecular formula is C20H18N2O4. The molecule has 6 heteroatoms. The number of carbonyl (C=O) groups is 3. The van der Waals surface area contributed by atoms with E-state index in [9.17, 15) is 19.5 Å². The lowest BCUT2D eigenvalue weighted by molar-refractivity contribution is -0.133. The fraction of sp³-hybridized carbons (Fsp3) is 0.250. The summed E-state index contributed by atoms with van der Waals surface area (Å²) < 4.78 is 0. The van der Waals surface area contributed by atoms with Crippen LogP contribution in [0.1, 0.15) is 35.2 Å². The highest BCUT2D eigenvalue weighted by molar-refractivity contribution is 6.09. The first-order chi connectivity index (χ1) is 12.5. The Labute approximate surface area is 150 Å². The minimum atomic E-state index is -1.87. The van der Waals surface area contributed by atoms with E-state index < -0.39 is 11.5 Å². The molecule has 1 fully saturated rings. The summed E-state index contributed by atoms with van der Waals surface area (Å²) in [6.07, 6.45) is 1.50. The number of benzene rings is 2. The van der Waals surface area contributed by atoms with Crippen LogP contribution in [-0.4, -0.2) is 22.7 Å². The second-order valence-electron chi connectivity index (χ2n) is 6.80. The van der Waals surface area contributed by atoms with E-state index in [1.54, 1.807) is 48.5 Å². The van der Waals surface area contributed by atoms with Crippen molar-refractivity contribution in [3.05, 3.63) is 59.7 Å². The number of para-hydroxylation sites is 1. The maximum absolute atomic E-state index is 12.6. The zero-order chi connectivity index (χ0) is 18.3. The zero-order valence-corrected chi connectivity index (χ0v) is 14.0. The minimum Gasteiger partial charge on any atom is -0.375 e. The normalized spacial score (nSPS) is 21.0. The van der Waals surface area contributed by atoms with Crippen LogP contribution in [-0.2, 0) is 15.2 Å². The molecule has 0 spiro atoms. The van der Waals surface area contributed by atoms with Crippen LogP contribution in [0, 0.1) is 5.92 Å². The van der Waals surface area contributed by atoms with Gasteiger partial charge in [0.25, 0.3) is 5.91 Å². The van der Waals surface area contributed by atoms with Crippen molar-refractivity contribution in [3.8, 4) is 0 Å². The number of ketones is 1. The Morgan fingerprint density at radius 3 is 2.50 bits per heavy atom. The van der Waals surface area contributed by atoms with E-state index in [0.29, 0.717) is 22.5 Å². The minimum absolute atomic E-state index is 0.00220. The highest BCUT2D eigenvalue weighted by Crippen LogP contribution is 2.38. The molecule has 132 valence electrons. The first-order valence-electron chi connectivity index (χ1n) is 8.55. The lowest BCUT2D eigenvalue weighted by Crippen LogP contribution is -2.36. The molecule has 2 aromatic rings. The van der Waals surface area contributed by atoms with Gasteiger partial charge in [0.2, 0.25) is 5.91 Å². The third-order valence-corrected chi connectivity index (χ3v) is 4.84. The van der Waals surface area contributed by atoms with Gasteiger partial charge in [0.1, 0.15) is 0 Å². The molecule has 0 saturated heterocycles. The van der Waals surface area contributed by atoms with E-state index in [4.69, 9.17) is 0 Å². The topological polar surface area (TPSA) is 95.5 Å². The van der Waals surface area contributed by atoms with Gasteiger partial charge in [0.05, 0.1) is 6.42 Å². The van der Waals surface area contributed by atoms with Crippen molar-refractivity contribution < 1.29 is 19.5 Å². The summed E-state index contributed by atoms with van der Waals surface area (Å²) in [6, 6.07) is 13.3. The number of amides is 2. The Kier molecular flexibility index (Phi) is 3.85. The second-order valence-corrected chi connectivity index (χ2v) is 6.80. The van der Waals surface area contributed by atoms with Gasteiger partial charge in [0.15, 0.2) is 11.4 Å². The summed E-state index contributed by atoms with van der Waals surface area (Å²) in [4.78, 5) is 36.6. The predicted molar refractivity (Wildman–Crippen MR) is 95.7 cm³/mol. The maximum Gasteiger partial charge on any atom is 0.261 e. The summed E-state index contributed by atoms with van der Waals surface area (Å²) in [7, 11) is 0. The summed E-state index contributed by atoms with van der Waals surface area (Å²) in [5, 5.41) is 16.2. The fourth-order valence-electron chi connectivity index (χ4n) is 3.14. The number of carbonyl (C=O) groups excluding carboxylic acids is 3. The highest BCUT2D eigenvalue weighted by Gasteiger charge is 2.46. The quantitative estimate of drug-likeness (QED) is 0.722. The van der Waals surface area contributed by atoms with Gasteiger partial charge >= 0.3 is 0 Å². The van der Waals surface area contributed by atoms with Crippen LogP contribution >= 0.6 is 0 Å². The molecule has 1 heterocycles. The molecule has 0 aromatic heterocycles. The molecule has 3 N–H and O–H groups in total. The molecule has 2 aromatic carbocycles. The maximum atomic E-state index is 12.6. The number of rotatable bonds is 5. The largest absolute Gasteiger partial charge is 0.375 e. The van der Waals surface area contributed by atoms with Gasteiger partial charge in [0, 0.05) is 28.4 Å². The van der Waals surface area contributed by atoms with Crippen LogP contribution in [0.2, 0.25) is 0 Å². The lowest BCUT2D eigenvalue weighted by atomic mass is 9.88. The summed E-state index contributed by atoms with van der Waals surface area (Å²) in [5.74, 6) is -0.844. The molecule has 1 atom stereocenters. The third kappa shape index (κ3) is 2.88. The average Bonchev–Trinajstić information content (AvgIpc) is 3.44. The SMILES string of the molecule is O=C(C[C@]1(O)C(=O)Nc2ccccc21)c1ccc(NC(=O)C2CC2)cc1. The number of Topliss-reactive ketones (excluding diaryl/α,β-unsaturated/α-hetero) is 1. The van der Waals surface area contributed by atoms with Crippen LogP contribution in [0.15, 0.2) is 48.5 Å². The van der Waals surface area contributed by atoms with Crippen molar-refractivity contribution in [2.45, 2.75) is 24.9 Å². The van der Waals surface area contributed by atoms with Gasteiger partial charge in [-0.15, -0.1) is 0 Å². The zero-order valence-electron chi connectivity index (χ0n) is 14.0. The molecule has 2 aliphatic rings. The average molecular weight is 350 g/mol. The number of fused-ring (bicyclic) bond motifs is 1. The predicted octanol–water partition coefficient (Wildman–Crippen LogP) is 2.45. The molecule has 0 radical (unpaired) electrons. The van der Waals surface area contributed by atoms with Gasteiger partial charge in [-0.3, -0.25) is 14.4 Å². The number of aliphatic hydroxyl groups is 1. The number of hydrogen-bond donors (Lipinski definition) is 3. The smallest absolute Gasteiger partial charge is 0.261 e. The van der Waals surface area contributed by atoms with Gasteiger partial charge in [-0.2, -0.15) is 0 Å². The first kappa shape index (κ1) is 16.5. The first-order valence-corrected chi connectivity index (χ1v) is 8.55. The van der Waals surface area contributed by atoms with Crippen molar-refractivity contribution in [2.24, 2.45) is 5.92 Å². The van der Waals surface area contributed by atoms with E-state index in [2.05, 4.69) is 10.6 Å². The molecule has 4 rings (SSSR count). The van der Waals surface area contributed by atoms with Crippen LogP contribution < -0.4 is 10.6 Å². The number of anilines is 2. The molecule has 26 heavy (non-hydrogen) atoms. The molecule has 0 bridgehead atoms. The molecule has 1 aliphatic heterocycles. The second kappa shape index (κ2) is 6.07. The van der Waals surface area contributed by atoms with Gasteiger partial charge in [-0.25, -0.2) is 0 Å². The summed E-state index contributed by atoms with van der Waals surface area (Å²) in [6.45, 7) is 0. The fourth-order valence-corrected chi connectivity index (χ4v) is 3.14. The Bertz CT molecular complexity index is 902. The lowest BCUT2D eigenvalue weighted by Gasteiger charge is -2.20. The van der Waals surface area contributed by atoms with Crippen LogP contribution in [0.4, 0.5) is 11.4 Å². The third-order valence-electron chi connectivity index (χ3n) is 4.84. The number of nitrogens with one attached hydrogen (secondary N) is 2. The molecule has 1 aliphatic carbocycles. The Hall–Kier alpha value is -2.99. The van der Waals surface area contributed by atoms with Crippen LogP contribution in [0.25, 0.3) is 0 Å². The van der Waals surface area contributed by atoms with Gasteiger partial charge < -0.3 is 15.7 Å². The van der Waals surface area contributed by atoms with E-state index in [0.717, 1.165) is 12.8 Å². The highest BCUT2D eigenvalue weighted by atomic mass is 16.3. The summed E-state index contributed by atoms with van der Waals surface area (Å²) in [5.41, 5.74) is 0.0609. The van der Waals surface area contributed by atoms with E-state index >= 15 is 0 Å². The number of hydrogen-bond acceptors (Lipinski definition) is 4.